The SMILES string of the molecule is CCCNC(CCCOC)Cc1ccco1. The molecular weight excluding hydrogens is 202 g/mol. The number of ether oxygens (including phenoxy) is 1. The predicted octanol–water partition coefficient (Wildman–Crippen LogP) is 2.62. The van der Waals surface area contributed by atoms with E-state index in [4.69, 9.17) is 9.15 Å². The summed E-state index contributed by atoms with van der Waals surface area (Å²) < 4.78 is 10.5. The van der Waals surface area contributed by atoms with Crippen LogP contribution in [0.15, 0.2) is 22.8 Å². The van der Waals surface area contributed by atoms with Crippen molar-refractivity contribution in [3.63, 3.8) is 0 Å². The summed E-state index contributed by atoms with van der Waals surface area (Å²) in [6.45, 7) is 4.09. The van der Waals surface area contributed by atoms with Crippen LogP contribution < -0.4 is 5.32 Å². The van der Waals surface area contributed by atoms with Gasteiger partial charge in [-0.05, 0) is 37.9 Å². The summed E-state index contributed by atoms with van der Waals surface area (Å²) in [5.74, 6) is 1.06. The highest BCUT2D eigenvalue weighted by molar-refractivity contribution is 5.00. The zero-order valence-electron chi connectivity index (χ0n) is 10.4. The molecule has 3 nitrogen and oxygen atoms in total. The van der Waals surface area contributed by atoms with E-state index in [2.05, 4.69) is 12.2 Å². The highest BCUT2D eigenvalue weighted by Crippen LogP contribution is 2.08. The van der Waals surface area contributed by atoms with Gasteiger partial charge in [0, 0.05) is 26.2 Å². The summed E-state index contributed by atoms with van der Waals surface area (Å²) in [7, 11) is 1.75. The third kappa shape index (κ3) is 5.33. The van der Waals surface area contributed by atoms with E-state index >= 15 is 0 Å². The molecule has 0 radical (unpaired) electrons. The Kier molecular flexibility index (Phi) is 6.93. The van der Waals surface area contributed by atoms with E-state index in [1.54, 1.807) is 13.4 Å². The van der Waals surface area contributed by atoms with Crippen molar-refractivity contribution in [2.24, 2.45) is 0 Å². The second-order valence-electron chi connectivity index (χ2n) is 4.07. The van der Waals surface area contributed by atoms with E-state index < -0.39 is 0 Å². The first-order valence-electron chi connectivity index (χ1n) is 6.11. The van der Waals surface area contributed by atoms with Gasteiger partial charge < -0.3 is 14.5 Å². The molecule has 0 aliphatic carbocycles. The van der Waals surface area contributed by atoms with Crippen molar-refractivity contribution in [1.82, 2.24) is 5.32 Å². The first-order chi connectivity index (χ1) is 7.86. The van der Waals surface area contributed by atoms with Gasteiger partial charge in [0.2, 0.25) is 0 Å². The molecule has 0 saturated carbocycles. The van der Waals surface area contributed by atoms with Gasteiger partial charge >= 0.3 is 0 Å². The smallest absolute Gasteiger partial charge is 0.105 e. The largest absolute Gasteiger partial charge is 0.469 e. The molecule has 1 heterocycles. The minimum atomic E-state index is 0.501. The van der Waals surface area contributed by atoms with Gasteiger partial charge in [0.05, 0.1) is 6.26 Å². The maximum absolute atomic E-state index is 5.38. The molecule has 1 aromatic rings. The van der Waals surface area contributed by atoms with Crippen molar-refractivity contribution in [2.45, 2.75) is 38.6 Å². The molecule has 1 unspecified atom stereocenters. The molecule has 0 aromatic carbocycles. The lowest BCUT2D eigenvalue weighted by molar-refractivity contribution is 0.188. The second-order valence-corrected chi connectivity index (χ2v) is 4.07. The zero-order valence-corrected chi connectivity index (χ0v) is 10.4. The molecule has 0 saturated heterocycles. The first kappa shape index (κ1) is 13.3. The molecule has 16 heavy (non-hydrogen) atoms. The van der Waals surface area contributed by atoms with Gasteiger partial charge in [-0.25, -0.2) is 0 Å². The van der Waals surface area contributed by atoms with Gasteiger partial charge in [0.15, 0.2) is 0 Å². The fourth-order valence-electron chi connectivity index (χ4n) is 1.77. The van der Waals surface area contributed by atoms with Gasteiger partial charge in [0.25, 0.3) is 0 Å². The maximum Gasteiger partial charge on any atom is 0.105 e. The van der Waals surface area contributed by atoms with Crippen LogP contribution in [0.4, 0.5) is 0 Å². The fraction of sp³-hybridized carbons (Fsp3) is 0.692. The average molecular weight is 225 g/mol. The molecule has 1 rings (SSSR count). The maximum atomic E-state index is 5.38. The van der Waals surface area contributed by atoms with Crippen LogP contribution in [0, 0.1) is 0 Å². The molecule has 0 fully saturated rings. The highest BCUT2D eigenvalue weighted by atomic mass is 16.5. The van der Waals surface area contributed by atoms with Gasteiger partial charge in [-0.2, -0.15) is 0 Å². The molecule has 0 aliphatic rings. The Morgan fingerprint density at radius 3 is 3.00 bits per heavy atom. The van der Waals surface area contributed by atoms with Crippen LogP contribution in [0.1, 0.15) is 31.9 Å². The van der Waals surface area contributed by atoms with Gasteiger partial charge in [-0.15, -0.1) is 0 Å². The van der Waals surface area contributed by atoms with Crippen LogP contribution in [0.3, 0.4) is 0 Å². The van der Waals surface area contributed by atoms with Crippen LogP contribution in [0.5, 0.6) is 0 Å². The number of furan rings is 1. The molecule has 3 heteroatoms. The minimum Gasteiger partial charge on any atom is -0.469 e. The summed E-state index contributed by atoms with van der Waals surface area (Å²) >= 11 is 0. The van der Waals surface area contributed by atoms with E-state index in [-0.39, 0.29) is 0 Å². The van der Waals surface area contributed by atoms with E-state index in [9.17, 15) is 0 Å². The normalized spacial score (nSPS) is 12.9. The third-order valence-corrected chi connectivity index (χ3v) is 2.61. The molecule has 0 amide bonds. The Hall–Kier alpha value is -0.800. The Morgan fingerprint density at radius 1 is 1.50 bits per heavy atom. The lowest BCUT2D eigenvalue weighted by atomic mass is 10.1. The zero-order chi connectivity index (χ0) is 11.6. The average Bonchev–Trinajstić information content (AvgIpc) is 2.78. The molecule has 1 atom stereocenters. The summed E-state index contributed by atoms with van der Waals surface area (Å²) in [4.78, 5) is 0. The van der Waals surface area contributed by atoms with E-state index in [1.165, 1.54) is 6.42 Å². The van der Waals surface area contributed by atoms with Crippen LogP contribution in [-0.2, 0) is 11.2 Å². The molecule has 92 valence electrons. The third-order valence-electron chi connectivity index (χ3n) is 2.61. The molecular formula is C13H23NO2. The predicted molar refractivity (Wildman–Crippen MR) is 65.6 cm³/mol. The Bertz CT molecular complexity index is 246. The van der Waals surface area contributed by atoms with Gasteiger partial charge in [0.1, 0.15) is 5.76 Å². The number of hydrogen-bond acceptors (Lipinski definition) is 3. The fourth-order valence-corrected chi connectivity index (χ4v) is 1.77. The van der Waals surface area contributed by atoms with Crippen LogP contribution in [-0.4, -0.2) is 26.3 Å². The number of methoxy groups -OCH3 is 1. The lowest BCUT2D eigenvalue weighted by Gasteiger charge is -2.17. The van der Waals surface area contributed by atoms with E-state index in [0.29, 0.717) is 6.04 Å². The number of rotatable bonds is 9. The van der Waals surface area contributed by atoms with Gasteiger partial charge in [-0.3, -0.25) is 0 Å². The topological polar surface area (TPSA) is 34.4 Å². The van der Waals surface area contributed by atoms with Crippen molar-refractivity contribution >= 4 is 0 Å². The Morgan fingerprint density at radius 2 is 2.38 bits per heavy atom. The van der Waals surface area contributed by atoms with Crippen LogP contribution in [0.2, 0.25) is 0 Å². The lowest BCUT2D eigenvalue weighted by Crippen LogP contribution is -2.32. The van der Waals surface area contributed by atoms with Crippen molar-refractivity contribution in [2.75, 3.05) is 20.3 Å². The van der Waals surface area contributed by atoms with Crippen molar-refractivity contribution in [3.8, 4) is 0 Å². The highest BCUT2D eigenvalue weighted by Gasteiger charge is 2.09. The number of hydrogen-bond donors (Lipinski definition) is 1. The van der Waals surface area contributed by atoms with E-state index in [0.717, 1.165) is 38.2 Å². The number of nitrogens with one attached hydrogen (secondary N) is 1. The second kappa shape index (κ2) is 8.36. The monoisotopic (exact) mass is 225 g/mol. The molecule has 0 spiro atoms. The van der Waals surface area contributed by atoms with Crippen molar-refractivity contribution < 1.29 is 9.15 Å². The summed E-state index contributed by atoms with van der Waals surface area (Å²) in [6, 6.07) is 4.49. The Balaban J connectivity index is 2.31. The molecule has 0 aliphatic heterocycles. The summed E-state index contributed by atoms with van der Waals surface area (Å²) in [5.41, 5.74) is 0. The Labute approximate surface area is 98.2 Å². The minimum absolute atomic E-state index is 0.501. The first-order valence-corrected chi connectivity index (χ1v) is 6.11. The summed E-state index contributed by atoms with van der Waals surface area (Å²) in [6.07, 6.45) is 6.10. The molecule has 1 aromatic heterocycles. The van der Waals surface area contributed by atoms with Crippen LogP contribution >= 0.6 is 0 Å². The molecule has 1 N–H and O–H groups in total. The van der Waals surface area contributed by atoms with Gasteiger partial charge in [-0.1, -0.05) is 6.92 Å². The standard InChI is InChI=1S/C13H23NO2/c1-3-8-14-12(6-4-9-15-2)11-13-7-5-10-16-13/h5,7,10,12,14H,3-4,6,8-9,11H2,1-2H3. The van der Waals surface area contributed by atoms with Crippen LogP contribution in [0.25, 0.3) is 0 Å². The van der Waals surface area contributed by atoms with E-state index in [1.807, 2.05) is 12.1 Å². The summed E-state index contributed by atoms with van der Waals surface area (Å²) in [5, 5.41) is 3.55. The quantitative estimate of drug-likeness (QED) is 0.656. The van der Waals surface area contributed by atoms with Crippen molar-refractivity contribution in [1.29, 1.82) is 0 Å². The molecule has 0 bridgehead atoms. The van der Waals surface area contributed by atoms with Crippen molar-refractivity contribution in [3.05, 3.63) is 24.2 Å².